The molecule has 23 heavy (non-hydrogen) atoms. The standard InChI is InChI=1S/C18H21NO4/c1-22-14-9-11-6-8-19-17(21)16(20)12-5-3-4-7-18(12,19)13(11)10-15(14)23-2/h9-10,12H,3-8H2,1-2H3/t12-,18-/m0/s1. The Kier molecular flexibility index (Phi) is 3.15. The minimum Gasteiger partial charge on any atom is -0.493 e. The molecule has 1 spiro atoms. The molecule has 3 aliphatic rings. The van der Waals surface area contributed by atoms with E-state index >= 15 is 0 Å². The number of amides is 1. The summed E-state index contributed by atoms with van der Waals surface area (Å²) in [5, 5.41) is 0. The average molecular weight is 315 g/mol. The Balaban J connectivity index is 1.95. The van der Waals surface area contributed by atoms with E-state index in [0.29, 0.717) is 18.0 Å². The second-order valence-corrected chi connectivity index (χ2v) is 6.66. The molecule has 0 unspecified atom stereocenters. The Labute approximate surface area is 135 Å². The van der Waals surface area contributed by atoms with Gasteiger partial charge in [0.25, 0.3) is 5.91 Å². The van der Waals surface area contributed by atoms with Crippen LogP contribution >= 0.6 is 0 Å². The Morgan fingerprint density at radius 2 is 1.87 bits per heavy atom. The van der Waals surface area contributed by atoms with Crippen molar-refractivity contribution < 1.29 is 19.1 Å². The van der Waals surface area contributed by atoms with Gasteiger partial charge in [-0.3, -0.25) is 9.59 Å². The Morgan fingerprint density at radius 3 is 2.61 bits per heavy atom. The number of ether oxygens (including phenoxy) is 2. The van der Waals surface area contributed by atoms with Crippen molar-refractivity contribution in [2.45, 2.75) is 37.6 Å². The van der Waals surface area contributed by atoms with Crippen LogP contribution in [0.25, 0.3) is 0 Å². The highest BCUT2D eigenvalue weighted by atomic mass is 16.5. The van der Waals surface area contributed by atoms with Crippen LogP contribution in [0.4, 0.5) is 0 Å². The number of hydrogen-bond acceptors (Lipinski definition) is 4. The molecule has 5 heteroatoms. The number of carbonyl (C=O) groups is 2. The molecule has 0 radical (unpaired) electrons. The maximum absolute atomic E-state index is 12.5. The van der Waals surface area contributed by atoms with Crippen molar-refractivity contribution >= 4 is 11.7 Å². The Hall–Kier alpha value is -2.04. The Bertz CT molecular complexity index is 693. The molecule has 1 aromatic rings. The number of nitrogens with zero attached hydrogens (tertiary/aromatic N) is 1. The maximum Gasteiger partial charge on any atom is 0.291 e. The summed E-state index contributed by atoms with van der Waals surface area (Å²) in [6, 6.07) is 4.00. The zero-order valence-corrected chi connectivity index (χ0v) is 13.6. The molecular formula is C18H21NO4. The molecule has 2 fully saturated rings. The second-order valence-electron chi connectivity index (χ2n) is 6.66. The second kappa shape index (κ2) is 4.98. The summed E-state index contributed by atoms with van der Waals surface area (Å²) in [6.07, 6.45) is 4.47. The van der Waals surface area contributed by atoms with Gasteiger partial charge < -0.3 is 14.4 Å². The smallest absolute Gasteiger partial charge is 0.291 e. The van der Waals surface area contributed by atoms with Crippen molar-refractivity contribution in [3.05, 3.63) is 23.3 Å². The number of benzene rings is 1. The maximum atomic E-state index is 12.5. The van der Waals surface area contributed by atoms with Gasteiger partial charge in [0, 0.05) is 6.54 Å². The van der Waals surface area contributed by atoms with Gasteiger partial charge in [-0.1, -0.05) is 12.8 Å². The molecule has 1 aliphatic carbocycles. The van der Waals surface area contributed by atoms with Gasteiger partial charge >= 0.3 is 0 Å². The lowest BCUT2D eigenvalue weighted by molar-refractivity contribution is -0.141. The molecule has 0 N–H and O–H groups in total. The fraction of sp³-hybridized carbons (Fsp3) is 0.556. The summed E-state index contributed by atoms with van der Waals surface area (Å²) < 4.78 is 10.9. The molecule has 2 aliphatic heterocycles. The SMILES string of the molecule is COc1cc2c(cc1OC)[C@]13CCCC[C@H]1C(=O)C(=O)N3CC2. The first kappa shape index (κ1) is 14.5. The monoisotopic (exact) mass is 315 g/mol. The number of Topliss-reactive ketones (excluding diaryl/α,β-unsaturated/α-hetero) is 1. The molecule has 2 heterocycles. The number of rotatable bonds is 2. The van der Waals surface area contributed by atoms with Crippen molar-refractivity contribution in [3.63, 3.8) is 0 Å². The first-order valence-corrected chi connectivity index (χ1v) is 8.24. The van der Waals surface area contributed by atoms with E-state index < -0.39 is 5.54 Å². The first-order valence-electron chi connectivity index (χ1n) is 8.24. The average Bonchev–Trinajstić information content (AvgIpc) is 2.82. The summed E-state index contributed by atoms with van der Waals surface area (Å²) in [7, 11) is 3.25. The lowest BCUT2D eigenvalue weighted by atomic mass is 9.66. The normalized spacial score (nSPS) is 29.0. The van der Waals surface area contributed by atoms with Gasteiger partial charge in [0.2, 0.25) is 5.78 Å². The zero-order valence-electron chi connectivity index (χ0n) is 13.6. The predicted molar refractivity (Wildman–Crippen MR) is 83.6 cm³/mol. The van der Waals surface area contributed by atoms with Gasteiger partial charge in [0.15, 0.2) is 11.5 Å². The summed E-state index contributed by atoms with van der Waals surface area (Å²) in [4.78, 5) is 26.9. The van der Waals surface area contributed by atoms with Crippen LogP contribution in [0.15, 0.2) is 12.1 Å². The molecule has 0 bridgehead atoms. The van der Waals surface area contributed by atoms with Crippen LogP contribution in [-0.2, 0) is 21.5 Å². The number of methoxy groups -OCH3 is 2. The summed E-state index contributed by atoms with van der Waals surface area (Å²) >= 11 is 0. The van der Waals surface area contributed by atoms with E-state index in [0.717, 1.165) is 37.7 Å². The highest BCUT2D eigenvalue weighted by Crippen LogP contribution is 2.55. The minimum absolute atomic E-state index is 0.202. The van der Waals surface area contributed by atoms with E-state index in [1.54, 1.807) is 14.2 Å². The fourth-order valence-corrected chi connectivity index (χ4v) is 4.82. The third-order valence-corrected chi connectivity index (χ3v) is 5.81. The van der Waals surface area contributed by atoms with E-state index in [9.17, 15) is 9.59 Å². The van der Waals surface area contributed by atoms with Crippen LogP contribution in [0.2, 0.25) is 0 Å². The highest BCUT2D eigenvalue weighted by Gasteiger charge is 2.61. The summed E-state index contributed by atoms with van der Waals surface area (Å²) in [5.41, 5.74) is 1.80. The lowest BCUT2D eigenvalue weighted by Gasteiger charge is -2.48. The molecular weight excluding hydrogens is 294 g/mol. The summed E-state index contributed by atoms with van der Waals surface area (Å²) in [5.74, 6) is 0.670. The van der Waals surface area contributed by atoms with Crippen molar-refractivity contribution in [2.24, 2.45) is 5.92 Å². The fourth-order valence-electron chi connectivity index (χ4n) is 4.82. The van der Waals surface area contributed by atoms with Gasteiger partial charge in [-0.25, -0.2) is 0 Å². The van der Waals surface area contributed by atoms with Crippen LogP contribution < -0.4 is 9.47 Å². The van der Waals surface area contributed by atoms with Gasteiger partial charge in [0.05, 0.1) is 25.7 Å². The third-order valence-electron chi connectivity index (χ3n) is 5.81. The van der Waals surface area contributed by atoms with Crippen molar-refractivity contribution in [2.75, 3.05) is 20.8 Å². The molecule has 122 valence electrons. The van der Waals surface area contributed by atoms with Gasteiger partial charge in [-0.05, 0) is 42.5 Å². The van der Waals surface area contributed by atoms with E-state index in [-0.39, 0.29) is 17.6 Å². The van der Waals surface area contributed by atoms with Crippen LogP contribution in [0, 0.1) is 5.92 Å². The van der Waals surface area contributed by atoms with Crippen LogP contribution in [0.5, 0.6) is 11.5 Å². The van der Waals surface area contributed by atoms with E-state index in [1.165, 1.54) is 5.56 Å². The number of fused-ring (bicyclic) bond motifs is 1. The van der Waals surface area contributed by atoms with Crippen LogP contribution in [0.1, 0.15) is 36.8 Å². The van der Waals surface area contributed by atoms with Crippen LogP contribution in [-0.4, -0.2) is 37.4 Å². The first-order chi connectivity index (χ1) is 11.1. The van der Waals surface area contributed by atoms with Gasteiger partial charge in [0.1, 0.15) is 0 Å². The third kappa shape index (κ3) is 1.73. The number of hydrogen-bond donors (Lipinski definition) is 0. The molecule has 5 nitrogen and oxygen atoms in total. The molecule has 2 atom stereocenters. The molecule has 1 amide bonds. The van der Waals surface area contributed by atoms with Crippen molar-refractivity contribution in [1.29, 1.82) is 0 Å². The molecule has 1 saturated heterocycles. The molecule has 1 aromatic carbocycles. The Morgan fingerprint density at radius 1 is 1.13 bits per heavy atom. The minimum atomic E-state index is -0.459. The largest absolute Gasteiger partial charge is 0.493 e. The molecule has 0 aromatic heterocycles. The van der Waals surface area contributed by atoms with Gasteiger partial charge in [-0.15, -0.1) is 0 Å². The van der Waals surface area contributed by atoms with E-state index in [2.05, 4.69) is 0 Å². The quantitative estimate of drug-likeness (QED) is 0.784. The zero-order chi connectivity index (χ0) is 16.2. The van der Waals surface area contributed by atoms with Crippen LogP contribution in [0.3, 0.4) is 0 Å². The van der Waals surface area contributed by atoms with Crippen molar-refractivity contribution in [1.82, 2.24) is 4.90 Å². The number of ketones is 1. The van der Waals surface area contributed by atoms with Gasteiger partial charge in [-0.2, -0.15) is 0 Å². The topological polar surface area (TPSA) is 55.8 Å². The van der Waals surface area contributed by atoms with E-state index in [4.69, 9.17) is 9.47 Å². The number of carbonyl (C=O) groups excluding carboxylic acids is 2. The predicted octanol–water partition coefficient (Wildman–Crippen LogP) is 2.06. The summed E-state index contributed by atoms with van der Waals surface area (Å²) in [6.45, 7) is 0.615. The highest BCUT2D eigenvalue weighted by molar-refractivity contribution is 6.39. The lowest BCUT2D eigenvalue weighted by Crippen LogP contribution is -2.52. The molecule has 1 saturated carbocycles. The van der Waals surface area contributed by atoms with Crippen molar-refractivity contribution in [3.8, 4) is 11.5 Å². The van der Waals surface area contributed by atoms with E-state index in [1.807, 2.05) is 17.0 Å². The molecule has 4 rings (SSSR count).